The van der Waals surface area contributed by atoms with Gasteiger partial charge in [-0.2, -0.15) is 0 Å². The number of hydrogen-bond acceptors (Lipinski definition) is 4. The predicted molar refractivity (Wildman–Crippen MR) is 113 cm³/mol. The summed E-state index contributed by atoms with van der Waals surface area (Å²) in [5.41, 5.74) is 14.1. The molecule has 146 valence electrons. The van der Waals surface area contributed by atoms with Crippen molar-refractivity contribution >= 4 is 12.0 Å². The van der Waals surface area contributed by atoms with Gasteiger partial charge >= 0.3 is 0 Å². The fourth-order valence-electron chi connectivity index (χ4n) is 4.03. The van der Waals surface area contributed by atoms with E-state index in [2.05, 4.69) is 64.6 Å². The topological polar surface area (TPSA) is 70.4 Å². The van der Waals surface area contributed by atoms with Gasteiger partial charge in [-0.1, -0.05) is 30.3 Å². The number of rotatable bonds is 5. The van der Waals surface area contributed by atoms with Gasteiger partial charge in [0.1, 0.15) is 0 Å². The summed E-state index contributed by atoms with van der Waals surface area (Å²) in [5, 5.41) is 4.05. The highest BCUT2D eigenvalue weighted by Crippen LogP contribution is 2.28. The molecule has 2 aliphatic heterocycles. The maximum Gasteiger partial charge on any atom is 0.251 e. The molecule has 0 bridgehead atoms. The van der Waals surface area contributed by atoms with Gasteiger partial charge in [-0.25, -0.2) is 10.1 Å². The second-order valence-corrected chi connectivity index (χ2v) is 7.51. The number of benzene rings is 2. The van der Waals surface area contributed by atoms with Crippen LogP contribution in [0.25, 0.3) is 17.2 Å². The van der Waals surface area contributed by atoms with Crippen LogP contribution in [0.4, 0.5) is 0 Å². The molecule has 0 radical (unpaired) electrons. The highest BCUT2D eigenvalue weighted by molar-refractivity contribution is 5.99. The van der Waals surface area contributed by atoms with Crippen LogP contribution in [-0.2, 0) is 13.1 Å². The first-order valence-corrected chi connectivity index (χ1v) is 9.91. The smallest absolute Gasteiger partial charge is 0.251 e. The number of aromatic nitrogens is 1. The summed E-state index contributed by atoms with van der Waals surface area (Å²) < 4.78 is 1.92. The molecule has 0 saturated heterocycles. The second kappa shape index (κ2) is 7.22. The van der Waals surface area contributed by atoms with Gasteiger partial charge in [-0.15, -0.1) is 0 Å². The predicted octanol–water partition coefficient (Wildman–Crippen LogP) is 1.76. The van der Waals surface area contributed by atoms with E-state index in [1.54, 1.807) is 0 Å². The Morgan fingerprint density at radius 1 is 1.14 bits per heavy atom. The summed E-state index contributed by atoms with van der Waals surface area (Å²) in [6.45, 7) is 4.27. The minimum atomic E-state index is 0.0202. The van der Waals surface area contributed by atoms with E-state index in [4.69, 9.17) is 0 Å². The largest absolute Gasteiger partial charge is 0.348 e. The third-order valence-electron chi connectivity index (χ3n) is 5.53. The Labute approximate surface area is 168 Å². The zero-order chi connectivity index (χ0) is 19.8. The molecule has 0 aliphatic carbocycles. The molecule has 3 N–H and O–H groups in total. The zero-order valence-corrected chi connectivity index (χ0v) is 16.3. The Bertz CT molecular complexity index is 1220. The molecule has 1 aromatic heterocycles. The molecule has 1 amide bonds. The number of carbonyl (C=O) groups excluding carboxylic acids is 1. The van der Waals surface area contributed by atoms with E-state index in [1.165, 1.54) is 21.9 Å². The molecule has 0 unspecified atom stereocenters. The summed E-state index contributed by atoms with van der Waals surface area (Å²) in [6.07, 6.45) is 5.21. The van der Waals surface area contributed by atoms with Crippen LogP contribution in [0.3, 0.4) is 0 Å². The standard InChI is InChI=1S/C23H23N5O/c1-15-11-16(13-26-27-28-10-8-17-3-2-9-24-22(17)28)4-6-20(15)18-5-7-21-19(12-18)14-25-23(21)29/h3-8,10-12,26-27H,2,9,13-14H2,1H3,(H,25,29). The number of fused-ring (bicyclic) bond motifs is 2. The highest BCUT2D eigenvalue weighted by Gasteiger charge is 2.19. The SMILES string of the molecule is Cc1cc(CNNn2ccc3c2=NCCC=3)ccc1-c1ccc2c(c1)CNC2=O. The molecular formula is C23H23N5O. The molecule has 6 heteroatoms. The van der Waals surface area contributed by atoms with Crippen molar-refractivity contribution in [3.05, 3.63) is 81.6 Å². The summed E-state index contributed by atoms with van der Waals surface area (Å²) in [7, 11) is 0. The van der Waals surface area contributed by atoms with Gasteiger partial charge < -0.3 is 5.32 Å². The van der Waals surface area contributed by atoms with Crippen molar-refractivity contribution in [2.24, 2.45) is 4.99 Å². The molecule has 6 nitrogen and oxygen atoms in total. The van der Waals surface area contributed by atoms with E-state index in [0.717, 1.165) is 35.1 Å². The maximum absolute atomic E-state index is 11.8. The lowest BCUT2D eigenvalue weighted by Gasteiger charge is -2.13. The Kier molecular flexibility index (Phi) is 4.41. The summed E-state index contributed by atoms with van der Waals surface area (Å²) in [5.74, 6) is 0.0202. The summed E-state index contributed by atoms with van der Waals surface area (Å²) in [4.78, 5) is 16.3. The van der Waals surface area contributed by atoms with Crippen molar-refractivity contribution in [2.45, 2.75) is 26.4 Å². The van der Waals surface area contributed by atoms with Gasteiger partial charge in [0.2, 0.25) is 0 Å². The molecule has 0 saturated carbocycles. The van der Waals surface area contributed by atoms with Gasteiger partial charge in [0.05, 0.1) is 0 Å². The number of carbonyl (C=O) groups is 1. The van der Waals surface area contributed by atoms with E-state index in [1.807, 2.05) is 23.0 Å². The Morgan fingerprint density at radius 3 is 2.93 bits per heavy atom. The lowest BCUT2D eigenvalue weighted by atomic mass is 9.96. The van der Waals surface area contributed by atoms with E-state index < -0.39 is 0 Å². The van der Waals surface area contributed by atoms with Crippen LogP contribution in [0.5, 0.6) is 0 Å². The first-order valence-electron chi connectivity index (χ1n) is 9.91. The van der Waals surface area contributed by atoms with Crippen LogP contribution >= 0.6 is 0 Å². The van der Waals surface area contributed by atoms with E-state index >= 15 is 0 Å². The summed E-state index contributed by atoms with van der Waals surface area (Å²) >= 11 is 0. The van der Waals surface area contributed by atoms with Crippen LogP contribution in [0.2, 0.25) is 0 Å². The average Bonchev–Trinajstić information content (AvgIpc) is 3.32. The monoisotopic (exact) mass is 385 g/mol. The van der Waals surface area contributed by atoms with Gasteiger partial charge in [0, 0.05) is 36.6 Å². The number of nitrogens with one attached hydrogen (secondary N) is 3. The lowest BCUT2D eigenvalue weighted by molar-refractivity contribution is 0.0966. The van der Waals surface area contributed by atoms with Crippen molar-refractivity contribution in [1.29, 1.82) is 0 Å². The molecule has 3 heterocycles. The zero-order valence-electron chi connectivity index (χ0n) is 16.3. The molecule has 0 atom stereocenters. The number of nitrogens with zero attached hydrogens (tertiary/aromatic N) is 2. The number of amides is 1. The molecule has 5 rings (SSSR count). The number of hydrogen-bond donors (Lipinski definition) is 3. The molecule has 0 spiro atoms. The normalized spacial score (nSPS) is 14.4. The molecule has 2 aromatic carbocycles. The fraction of sp³-hybridized carbons (Fsp3) is 0.217. The molecule has 0 fully saturated rings. The fourth-order valence-corrected chi connectivity index (χ4v) is 4.03. The Hall–Kier alpha value is -3.38. The van der Waals surface area contributed by atoms with Gasteiger partial charge in [-0.3, -0.25) is 15.3 Å². The van der Waals surface area contributed by atoms with Crippen LogP contribution in [0.1, 0.15) is 33.5 Å². The van der Waals surface area contributed by atoms with Crippen molar-refractivity contribution in [3.63, 3.8) is 0 Å². The summed E-state index contributed by atoms with van der Waals surface area (Å²) in [6, 6.07) is 14.6. The third kappa shape index (κ3) is 3.32. The molecule has 2 aliphatic rings. The molecule has 3 aromatic rings. The number of aryl methyl sites for hydroxylation is 1. The average molecular weight is 385 g/mol. The van der Waals surface area contributed by atoms with E-state index in [-0.39, 0.29) is 5.91 Å². The lowest BCUT2D eigenvalue weighted by Crippen LogP contribution is -2.41. The van der Waals surface area contributed by atoms with Crippen LogP contribution in [0.15, 0.2) is 53.7 Å². The van der Waals surface area contributed by atoms with Crippen LogP contribution in [0, 0.1) is 6.92 Å². The van der Waals surface area contributed by atoms with Gasteiger partial charge in [0.25, 0.3) is 5.91 Å². The minimum absolute atomic E-state index is 0.0202. The van der Waals surface area contributed by atoms with Crippen LogP contribution in [-0.4, -0.2) is 17.1 Å². The van der Waals surface area contributed by atoms with E-state index in [0.29, 0.717) is 13.1 Å². The quantitative estimate of drug-likeness (QED) is 0.586. The third-order valence-corrected chi connectivity index (χ3v) is 5.53. The van der Waals surface area contributed by atoms with Crippen molar-refractivity contribution < 1.29 is 4.79 Å². The number of hydrazine groups is 1. The Morgan fingerprint density at radius 2 is 2.03 bits per heavy atom. The molecular weight excluding hydrogens is 362 g/mol. The van der Waals surface area contributed by atoms with E-state index in [9.17, 15) is 4.79 Å². The van der Waals surface area contributed by atoms with Crippen molar-refractivity contribution in [2.75, 3.05) is 12.1 Å². The second-order valence-electron chi connectivity index (χ2n) is 7.51. The van der Waals surface area contributed by atoms with Crippen molar-refractivity contribution in [3.8, 4) is 11.1 Å². The highest BCUT2D eigenvalue weighted by atomic mass is 16.1. The maximum atomic E-state index is 11.8. The van der Waals surface area contributed by atoms with Gasteiger partial charge in [-0.05, 0) is 59.4 Å². The van der Waals surface area contributed by atoms with Gasteiger partial charge in [0.15, 0.2) is 5.49 Å². The first kappa shape index (κ1) is 17.7. The Balaban J connectivity index is 1.29. The molecule has 29 heavy (non-hydrogen) atoms. The first-order chi connectivity index (χ1) is 14.2. The minimum Gasteiger partial charge on any atom is -0.348 e. The van der Waals surface area contributed by atoms with Crippen molar-refractivity contribution in [1.82, 2.24) is 15.4 Å². The van der Waals surface area contributed by atoms with Crippen LogP contribution < -0.4 is 27.0 Å².